The molecule has 0 N–H and O–H groups in total. The number of halogens is 1. The Balaban J connectivity index is 1.21. The smallest absolute Gasteiger partial charge is 0.184 e. The van der Waals surface area contributed by atoms with Crippen molar-refractivity contribution in [2.75, 3.05) is 13.7 Å². The van der Waals surface area contributed by atoms with Crippen molar-refractivity contribution in [1.82, 2.24) is 39.7 Å². The molecule has 6 heterocycles. The van der Waals surface area contributed by atoms with E-state index in [1.54, 1.807) is 28.5 Å². The second kappa shape index (κ2) is 11.6. The molecule has 0 radical (unpaired) electrons. The van der Waals surface area contributed by atoms with Crippen molar-refractivity contribution < 1.29 is 18.9 Å². The van der Waals surface area contributed by atoms with Gasteiger partial charge in [0.15, 0.2) is 12.1 Å². The van der Waals surface area contributed by atoms with E-state index in [0.717, 1.165) is 26.5 Å². The van der Waals surface area contributed by atoms with Crippen LogP contribution < -0.4 is 0 Å². The first-order valence-corrected chi connectivity index (χ1v) is 16.4. The minimum absolute atomic E-state index is 0.288. The molecular weight excluding hydrogens is 636 g/mol. The molecule has 230 valence electrons. The highest BCUT2D eigenvalue weighted by Gasteiger charge is 2.53. The van der Waals surface area contributed by atoms with Crippen molar-refractivity contribution in [3.63, 3.8) is 0 Å². The Labute approximate surface area is 270 Å². The third-order valence-corrected chi connectivity index (χ3v) is 10.2. The van der Waals surface area contributed by atoms with Crippen LogP contribution in [0.5, 0.6) is 0 Å². The number of ether oxygens (including phenoxy) is 4. The maximum absolute atomic E-state index is 6.78. The van der Waals surface area contributed by atoms with E-state index in [9.17, 15) is 0 Å². The number of hydrogen-bond donors (Lipinski definition) is 0. The van der Waals surface area contributed by atoms with Crippen LogP contribution >= 0.6 is 34.3 Å². The van der Waals surface area contributed by atoms with E-state index in [-0.39, 0.29) is 6.61 Å². The Kier molecular flexibility index (Phi) is 7.44. The van der Waals surface area contributed by atoms with Crippen molar-refractivity contribution >= 4 is 44.5 Å². The van der Waals surface area contributed by atoms with Gasteiger partial charge in [0.05, 0.1) is 33.7 Å². The van der Waals surface area contributed by atoms with Gasteiger partial charge in [0.1, 0.15) is 52.1 Å². The van der Waals surface area contributed by atoms with Gasteiger partial charge in [-0.15, -0.1) is 38.0 Å². The van der Waals surface area contributed by atoms with E-state index in [4.69, 9.17) is 30.5 Å². The highest BCUT2D eigenvalue weighted by molar-refractivity contribution is 7.18. The average molecular weight is 663 g/mol. The maximum Gasteiger partial charge on any atom is 0.184 e. The van der Waals surface area contributed by atoms with Gasteiger partial charge in [-0.1, -0.05) is 47.1 Å². The Morgan fingerprint density at radius 1 is 1.02 bits per heavy atom. The molecule has 6 aromatic rings. The first kappa shape index (κ1) is 28.8. The lowest BCUT2D eigenvalue weighted by Crippen LogP contribution is -2.57. The highest BCUT2D eigenvalue weighted by Crippen LogP contribution is 2.45. The van der Waals surface area contributed by atoms with Crippen molar-refractivity contribution in [3.8, 4) is 16.4 Å². The third kappa shape index (κ3) is 5.16. The van der Waals surface area contributed by atoms with E-state index >= 15 is 0 Å². The molecule has 2 fully saturated rings. The summed E-state index contributed by atoms with van der Waals surface area (Å²) in [6.45, 7) is 4.21. The van der Waals surface area contributed by atoms with Gasteiger partial charge in [-0.05, 0) is 32.0 Å². The number of methoxy groups -OCH3 is 1. The summed E-state index contributed by atoms with van der Waals surface area (Å²) in [5.74, 6) is 1.31. The van der Waals surface area contributed by atoms with E-state index < -0.39 is 36.7 Å². The van der Waals surface area contributed by atoms with E-state index in [1.165, 1.54) is 11.3 Å². The molecule has 6 atom stereocenters. The topological polar surface area (TPSA) is 124 Å². The molecule has 0 spiro atoms. The second-order valence-electron chi connectivity index (χ2n) is 10.8. The Morgan fingerprint density at radius 2 is 1.89 bits per heavy atom. The summed E-state index contributed by atoms with van der Waals surface area (Å²) in [5.41, 5.74) is 3.37. The third-order valence-electron chi connectivity index (χ3n) is 8.05. The molecule has 2 aromatic carbocycles. The summed E-state index contributed by atoms with van der Waals surface area (Å²) in [4.78, 5) is 9.00. The minimum atomic E-state index is -0.649. The summed E-state index contributed by atoms with van der Waals surface area (Å²) in [5, 5.41) is 21.9. The number of aryl methyl sites for hydroxylation is 2. The molecule has 8 rings (SSSR count). The fraction of sp³-hybridized carbons (Fsp3) is 0.333. The van der Waals surface area contributed by atoms with Crippen molar-refractivity contribution in [3.05, 3.63) is 87.5 Å². The molecule has 0 aliphatic carbocycles. The Bertz CT molecular complexity index is 1980. The lowest BCUT2D eigenvalue weighted by Gasteiger charge is -2.48. The van der Waals surface area contributed by atoms with Gasteiger partial charge in [-0.3, -0.25) is 4.57 Å². The maximum atomic E-state index is 6.78. The zero-order valence-electron chi connectivity index (χ0n) is 24.3. The second-order valence-corrected chi connectivity index (χ2v) is 13.3. The number of fused-ring (bicyclic) bond motifs is 2. The average Bonchev–Trinajstić information content (AvgIpc) is 3.86. The zero-order chi connectivity index (χ0) is 30.7. The lowest BCUT2D eigenvalue weighted by atomic mass is 9.91. The van der Waals surface area contributed by atoms with Crippen LogP contribution in [0.25, 0.3) is 26.6 Å². The number of benzene rings is 2. The molecule has 2 saturated heterocycles. The largest absolute Gasteiger partial charge is 0.376 e. The molecule has 15 heteroatoms. The van der Waals surface area contributed by atoms with Gasteiger partial charge < -0.3 is 18.9 Å². The molecule has 2 aliphatic heterocycles. The lowest BCUT2D eigenvalue weighted by molar-refractivity contribution is -0.321. The van der Waals surface area contributed by atoms with Crippen molar-refractivity contribution in [2.24, 2.45) is 0 Å². The molecule has 0 saturated carbocycles. The molecular formula is C30H27ClN8O4S2. The number of thiazole rings is 2. The van der Waals surface area contributed by atoms with Crippen LogP contribution in [-0.4, -0.2) is 71.8 Å². The van der Waals surface area contributed by atoms with E-state index in [2.05, 4.69) is 36.5 Å². The molecule has 3 unspecified atom stereocenters. The van der Waals surface area contributed by atoms with Gasteiger partial charge >= 0.3 is 0 Å². The van der Waals surface area contributed by atoms with Gasteiger partial charge in [0.2, 0.25) is 0 Å². The first-order valence-electron chi connectivity index (χ1n) is 14.3. The van der Waals surface area contributed by atoms with Crippen LogP contribution in [0, 0.1) is 13.8 Å². The first-order chi connectivity index (χ1) is 22.0. The van der Waals surface area contributed by atoms with E-state index in [0.29, 0.717) is 27.5 Å². The quantitative estimate of drug-likeness (QED) is 0.220. The number of nitrogens with zero attached hydrogens (tertiary/aromatic N) is 8. The molecule has 2 aliphatic rings. The highest BCUT2D eigenvalue weighted by atomic mass is 35.5. The predicted molar refractivity (Wildman–Crippen MR) is 168 cm³/mol. The number of rotatable bonds is 6. The minimum Gasteiger partial charge on any atom is -0.376 e. The summed E-state index contributed by atoms with van der Waals surface area (Å²) >= 11 is 9.16. The normalized spacial score (nSPS) is 25.1. The predicted octanol–water partition coefficient (Wildman–Crippen LogP) is 5.67. The molecule has 0 amide bonds. The van der Waals surface area contributed by atoms with E-state index in [1.807, 2.05) is 67.1 Å². The fourth-order valence-electron chi connectivity index (χ4n) is 6.09. The van der Waals surface area contributed by atoms with Crippen LogP contribution in [0.15, 0.2) is 60.1 Å². The van der Waals surface area contributed by atoms with Gasteiger partial charge in [0.25, 0.3) is 0 Å². The van der Waals surface area contributed by atoms with Gasteiger partial charge in [-0.25, -0.2) is 14.6 Å². The summed E-state index contributed by atoms with van der Waals surface area (Å²) in [6, 6.07) is 15.5. The van der Waals surface area contributed by atoms with Crippen LogP contribution in [-0.2, 0) is 18.9 Å². The Hall–Kier alpha value is -3.63. The number of hydrogen-bond acceptors (Lipinski definition) is 12. The Morgan fingerprint density at radius 3 is 2.69 bits per heavy atom. The van der Waals surface area contributed by atoms with Crippen molar-refractivity contribution in [1.29, 1.82) is 0 Å². The summed E-state index contributed by atoms with van der Waals surface area (Å²) < 4.78 is 30.8. The van der Waals surface area contributed by atoms with Gasteiger partial charge in [-0.2, -0.15) is 0 Å². The van der Waals surface area contributed by atoms with Crippen LogP contribution in [0.1, 0.15) is 40.7 Å². The van der Waals surface area contributed by atoms with Crippen LogP contribution in [0.4, 0.5) is 0 Å². The molecule has 12 nitrogen and oxygen atoms in total. The van der Waals surface area contributed by atoms with Crippen LogP contribution in [0.2, 0.25) is 5.15 Å². The number of aromatic nitrogens is 8. The summed E-state index contributed by atoms with van der Waals surface area (Å²) in [7, 11) is 1.65. The summed E-state index contributed by atoms with van der Waals surface area (Å²) in [6.07, 6.45) is -0.943. The standard InChI is InChI=1S/C30H27ClN8O4S2/c1-15-34-36-28(39(15)18-9-10-19-22(11-18)45-16(2)32-19)27-26(40-3)24(38-12-20(35-37-38)29-33-23(31)14-44-29)25-21(42-27)13-41-30(43-25)17-7-5-4-6-8-17/h4-12,14,21,24-27,30H,13H2,1-3H3/t21?,24-,25-,26?,27+,30?/m0/s1. The molecule has 45 heavy (non-hydrogen) atoms. The van der Waals surface area contributed by atoms with Gasteiger partial charge in [0, 0.05) is 18.1 Å². The molecule has 4 aromatic heterocycles. The van der Waals surface area contributed by atoms with Crippen molar-refractivity contribution in [2.45, 2.75) is 50.6 Å². The SMILES string of the molecule is COC1[C@@H](n2cc(-c3nc(Cl)cs3)nn2)[C@H]2OC(c3ccccc3)OCC2O[C@H]1c1nnc(C)n1-c1ccc2nc(C)sc2c1. The fourth-order valence-corrected chi connectivity index (χ4v) is 7.85. The zero-order valence-corrected chi connectivity index (χ0v) is 26.7. The molecule has 0 bridgehead atoms. The monoisotopic (exact) mass is 662 g/mol. The van der Waals surface area contributed by atoms with Crippen LogP contribution in [0.3, 0.4) is 0 Å².